The van der Waals surface area contributed by atoms with Crippen LogP contribution in [0.3, 0.4) is 0 Å². The van der Waals surface area contributed by atoms with Crippen LogP contribution in [0.15, 0.2) is 5.16 Å². The molecule has 1 rings (SSSR count). The highest BCUT2D eigenvalue weighted by Gasteiger charge is 2.24. The molecule has 1 aliphatic rings. The monoisotopic (exact) mass is 359 g/mol. The first-order valence-corrected chi connectivity index (χ1v) is 9.76. The number of carbonyl (C=O) groups is 2. The highest BCUT2D eigenvalue weighted by Crippen LogP contribution is 2.29. The number of aliphatic carboxylic acids is 1. The number of nitrogens with zero attached hydrogens (tertiary/aromatic N) is 1. The maximum atomic E-state index is 12.1. The van der Waals surface area contributed by atoms with Gasteiger partial charge in [-0.15, -0.1) is 0 Å². The summed E-state index contributed by atoms with van der Waals surface area (Å²) in [6.45, 7) is 0.291. The number of hydrogen-bond acceptors (Lipinski definition) is 6. The normalized spacial score (nSPS) is 17.5. The van der Waals surface area contributed by atoms with Crippen LogP contribution in [0.1, 0.15) is 57.8 Å². The van der Waals surface area contributed by atoms with E-state index in [4.69, 9.17) is 15.7 Å². The predicted molar refractivity (Wildman–Crippen MR) is 95.4 cm³/mol. The van der Waals surface area contributed by atoms with Crippen LogP contribution in [0.25, 0.3) is 0 Å². The van der Waals surface area contributed by atoms with Crippen LogP contribution in [0, 0.1) is 11.8 Å². The van der Waals surface area contributed by atoms with Crippen LogP contribution in [0.5, 0.6) is 0 Å². The summed E-state index contributed by atoms with van der Waals surface area (Å²) in [5, 5.41) is 12.6. The molecule has 0 spiro atoms. The maximum absolute atomic E-state index is 12.1. The standard InChI is InChI=1S/C16H29N3O4S/c1-24-18-11-14(17)19-23-16(22)13(10-15(20)21)9-5-8-12-6-3-2-4-7-12/h12-13,18H,2-11H2,1H3,(H2,17,19)(H,20,21)/t13-/m1/s1. The van der Waals surface area contributed by atoms with Crippen LogP contribution in [0.2, 0.25) is 0 Å². The van der Waals surface area contributed by atoms with Gasteiger partial charge in [0.25, 0.3) is 0 Å². The smallest absolute Gasteiger partial charge is 0.338 e. The first kappa shape index (κ1) is 20.8. The second-order valence-corrected chi connectivity index (χ2v) is 6.94. The molecule has 8 heteroatoms. The van der Waals surface area contributed by atoms with Gasteiger partial charge in [-0.2, -0.15) is 0 Å². The molecule has 0 unspecified atom stereocenters. The fraction of sp³-hybridized carbons (Fsp3) is 0.812. The molecule has 0 aliphatic heterocycles. The number of carboxylic acids is 1. The fourth-order valence-corrected chi connectivity index (χ4v) is 3.29. The number of oxime groups is 1. The van der Waals surface area contributed by atoms with E-state index in [1.807, 2.05) is 6.26 Å². The van der Waals surface area contributed by atoms with Crippen LogP contribution < -0.4 is 10.5 Å². The average Bonchev–Trinajstić information content (AvgIpc) is 2.57. The third-order valence-electron chi connectivity index (χ3n) is 4.29. The van der Waals surface area contributed by atoms with Gasteiger partial charge in [-0.3, -0.25) is 9.52 Å². The van der Waals surface area contributed by atoms with Crippen LogP contribution in [0.4, 0.5) is 0 Å². The Morgan fingerprint density at radius 1 is 1.38 bits per heavy atom. The van der Waals surface area contributed by atoms with Gasteiger partial charge in [0, 0.05) is 0 Å². The lowest BCUT2D eigenvalue weighted by molar-refractivity contribution is -0.153. The minimum absolute atomic E-state index is 0.147. The van der Waals surface area contributed by atoms with Crippen molar-refractivity contribution in [3.63, 3.8) is 0 Å². The van der Waals surface area contributed by atoms with Crippen molar-refractivity contribution >= 4 is 29.7 Å². The lowest BCUT2D eigenvalue weighted by Crippen LogP contribution is -2.26. The lowest BCUT2D eigenvalue weighted by atomic mass is 9.84. The van der Waals surface area contributed by atoms with Gasteiger partial charge >= 0.3 is 11.9 Å². The minimum Gasteiger partial charge on any atom is -0.481 e. The van der Waals surface area contributed by atoms with E-state index in [9.17, 15) is 9.59 Å². The van der Waals surface area contributed by atoms with E-state index in [1.54, 1.807) is 0 Å². The molecule has 0 heterocycles. The van der Waals surface area contributed by atoms with Crippen molar-refractivity contribution in [2.24, 2.45) is 22.7 Å². The molecule has 1 saturated carbocycles. The molecule has 0 bridgehead atoms. The third kappa shape index (κ3) is 9.12. The summed E-state index contributed by atoms with van der Waals surface area (Å²) in [6, 6.07) is 0. The van der Waals surface area contributed by atoms with Gasteiger partial charge in [-0.25, -0.2) is 4.79 Å². The van der Waals surface area contributed by atoms with Crippen LogP contribution >= 0.6 is 11.9 Å². The molecule has 1 atom stereocenters. The average molecular weight is 359 g/mol. The zero-order valence-corrected chi connectivity index (χ0v) is 15.1. The van der Waals surface area contributed by atoms with Gasteiger partial charge in [0.05, 0.1) is 18.9 Å². The van der Waals surface area contributed by atoms with Gasteiger partial charge in [-0.05, 0) is 18.6 Å². The molecule has 0 aromatic carbocycles. The molecule has 7 nitrogen and oxygen atoms in total. The Bertz CT molecular complexity index is 426. The van der Waals surface area contributed by atoms with E-state index in [1.165, 1.54) is 44.1 Å². The summed E-state index contributed by atoms with van der Waals surface area (Å²) in [5.74, 6) is -1.43. The summed E-state index contributed by atoms with van der Waals surface area (Å²) in [6.07, 6.45) is 10.4. The van der Waals surface area contributed by atoms with Crippen molar-refractivity contribution in [3.8, 4) is 0 Å². The number of carboxylic acid groups (broad SMARTS) is 1. The molecular formula is C16H29N3O4S. The topological polar surface area (TPSA) is 114 Å². The van der Waals surface area contributed by atoms with Crippen molar-refractivity contribution in [2.45, 2.75) is 57.8 Å². The molecule has 0 aromatic rings. The number of nitrogens with one attached hydrogen (secondary N) is 1. The SMILES string of the molecule is CSNCC(N)=NOC(=O)[C@H](CCCC1CCCCC1)CC(=O)O. The summed E-state index contributed by atoms with van der Waals surface area (Å²) >= 11 is 1.37. The van der Waals surface area contributed by atoms with Crippen LogP contribution in [-0.2, 0) is 14.4 Å². The predicted octanol–water partition coefficient (Wildman–Crippen LogP) is 2.51. The molecule has 0 saturated heterocycles. The fourth-order valence-electron chi connectivity index (χ4n) is 3.00. The molecular weight excluding hydrogens is 330 g/mol. The minimum atomic E-state index is -1.00. The Balaban J connectivity index is 2.41. The molecule has 1 fully saturated rings. The molecule has 0 aromatic heterocycles. The summed E-state index contributed by atoms with van der Waals surface area (Å²) in [4.78, 5) is 27.9. The highest BCUT2D eigenvalue weighted by atomic mass is 32.2. The van der Waals surface area contributed by atoms with Gasteiger partial charge in [0.2, 0.25) is 0 Å². The maximum Gasteiger partial charge on any atom is 0.338 e. The Kier molecular flexibility index (Phi) is 10.5. The molecule has 0 amide bonds. The van der Waals surface area contributed by atoms with Crippen molar-refractivity contribution < 1.29 is 19.5 Å². The van der Waals surface area contributed by atoms with Gasteiger partial charge in [-0.1, -0.05) is 62.0 Å². The number of hydrogen-bond donors (Lipinski definition) is 3. The van der Waals surface area contributed by atoms with E-state index >= 15 is 0 Å². The number of nitrogens with two attached hydrogens (primary N) is 1. The van der Waals surface area contributed by atoms with Crippen molar-refractivity contribution in [1.29, 1.82) is 0 Å². The third-order valence-corrected chi connectivity index (χ3v) is 4.73. The van der Waals surface area contributed by atoms with E-state index in [0.29, 0.717) is 18.9 Å². The number of carbonyl (C=O) groups excluding carboxylic acids is 1. The Labute approximate surface area is 147 Å². The molecule has 138 valence electrons. The second kappa shape index (κ2) is 12.1. The first-order valence-electron chi connectivity index (χ1n) is 8.53. The van der Waals surface area contributed by atoms with Gasteiger partial charge < -0.3 is 15.7 Å². The molecule has 0 radical (unpaired) electrons. The van der Waals surface area contributed by atoms with E-state index in [0.717, 1.165) is 12.8 Å². The molecule has 4 N–H and O–H groups in total. The highest BCUT2D eigenvalue weighted by molar-refractivity contribution is 7.96. The lowest BCUT2D eigenvalue weighted by Gasteiger charge is -2.22. The summed E-state index contributed by atoms with van der Waals surface area (Å²) in [7, 11) is 0. The second-order valence-electron chi connectivity index (χ2n) is 6.25. The zero-order chi connectivity index (χ0) is 17.8. The largest absolute Gasteiger partial charge is 0.481 e. The Hall–Kier alpha value is -1.28. The van der Waals surface area contributed by atoms with Gasteiger partial charge in [0.1, 0.15) is 0 Å². The molecule has 24 heavy (non-hydrogen) atoms. The Morgan fingerprint density at radius 2 is 2.08 bits per heavy atom. The number of amidine groups is 1. The van der Waals surface area contributed by atoms with E-state index in [2.05, 4.69) is 9.88 Å². The van der Waals surface area contributed by atoms with Crippen molar-refractivity contribution in [1.82, 2.24) is 4.72 Å². The van der Waals surface area contributed by atoms with Crippen molar-refractivity contribution in [3.05, 3.63) is 0 Å². The van der Waals surface area contributed by atoms with Crippen LogP contribution in [-0.4, -0.2) is 35.7 Å². The first-order chi connectivity index (χ1) is 11.5. The van der Waals surface area contributed by atoms with Crippen molar-refractivity contribution in [2.75, 3.05) is 12.8 Å². The Morgan fingerprint density at radius 3 is 2.71 bits per heavy atom. The number of rotatable bonds is 11. The summed E-state index contributed by atoms with van der Waals surface area (Å²) < 4.78 is 2.88. The summed E-state index contributed by atoms with van der Waals surface area (Å²) in [5.41, 5.74) is 5.59. The zero-order valence-electron chi connectivity index (χ0n) is 14.3. The molecule has 1 aliphatic carbocycles. The van der Waals surface area contributed by atoms with E-state index < -0.39 is 17.9 Å². The van der Waals surface area contributed by atoms with E-state index in [-0.39, 0.29) is 12.3 Å². The quantitative estimate of drug-likeness (QED) is 0.171. The van der Waals surface area contributed by atoms with Gasteiger partial charge in [0.15, 0.2) is 5.84 Å².